The van der Waals surface area contributed by atoms with Crippen LogP contribution in [0.1, 0.15) is 17.3 Å². The number of halogens is 3. The van der Waals surface area contributed by atoms with Crippen LogP contribution in [0.25, 0.3) is 10.9 Å². The van der Waals surface area contributed by atoms with Gasteiger partial charge in [-0.05, 0) is 24.4 Å². The minimum absolute atomic E-state index is 0.0712. The fraction of sp³-hybridized carbons (Fsp3) is 0.444. The lowest BCUT2D eigenvalue weighted by Crippen LogP contribution is -2.26. The van der Waals surface area contributed by atoms with Crippen molar-refractivity contribution >= 4 is 22.6 Å². The highest BCUT2D eigenvalue weighted by atomic mass is 19.1. The molecule has 3 rings (SSSR count). The maximum Gasteiger partial charge on any atom is 0.341 e. The van der Waals surface area contributed by atoms with E-state index in [0.717, 1.165) is 16.8 Å². The van der Waals surface area contributed by atoms with Crippen molar-refractivity contribution in [3.8, 4) is 0 Å². The Morgan fingerprint density at radius 2 is 2.07 bits per heavy atom. The Hall–Kier alpha value is -2.55. The van der Waals surface area contributed by atoms with E-state index in [9.17, 15) is 18.4 Å². The van der Waals surface area contributed by atoms with Crippen molar-refractivity contribution < 1.29 is 23.1 Å². The summed E-state index contributed by atoms with van der Waals surface area (Å²) in [5, 5.41) is 8.73. The summed E-state index contributed by atoms with van der Waals surface area (Å²) in [5.74, 6) is -3.30. The van der Waals surface area contributed by atoms with Gasteiger partial charge in [0, 0.05) is 19.3 Å². The molecule has 6 nitrogen and oxygen atoms in total. The maximum atomic E-state index is 15.3. The van der Waals surface area contributed by atoms with E-state index in [4.69, 9.17) is 10.8 Å². The van der Waals surface area contributed by atoms with Gasteiger partial charge in [-0.1, -0.05) is 6.92 Å². The molecule has 0 aliphatic carbocycles. The van der Waals surface area contributed by atoms with Gasteiger partial charge in [0.05, 0.1) is 17.4 Å². The molecular weight excluding hydrogens is 363 g/mol. The van der Waals surface area contributed by atoms with Crippen LogP contribution in [0.2, 0.25) is 0 Å². The van der Waals surface area contributed by atoms with E-state index in [0.29, 0.717) is 19.6 Å². The fourth-order valence-corrected chi connectivity index (χ4v) is 3.71. The van der Waals surface area contributed by atoms with Crippen LogP contribution >= 0.6 is 0 Å². The van der Waals surface area contributed by atoms with Gasteiger partial charge >= 0.3 is 5.97 Å². The van der Waals surface area contributed by atoms with Gasteiger partial charge in [-0.2, -0.15) is 0 Å². The summed E-state index contributed by atoms with van der Waals surface area (Å²) < 4.78 is 44.0. The van der Waals surface area contributed by atoms with Gasteiger partial charge in [-0.25, -0.2) is 18.0 Å². The number of anilines is 1. The minimum atomic E-state index is -1.54. The van der Waals surface area contributed by atoms with E-state index in [1.54, 1.807) is 0 Å². The topological polar surface area (TPSA) is 88.6 Å². The number of aryl methyl sites for hydroxylation is 1. The third kappa shape index (κ3) is 3.16. The molecule has 9 heteroatoms. The molecule has 2 atom stereocenters. The molecule has 2 unspecified atom stereocenters. The van der Waals surface area contributed by atoms with Crippen LogP contribution in [-0.2, 0) is 6.54 Å². The van der Waals surface area contributed by atoms with Crippen LogP contribution < -0.4 is 16.1 Å². The Balaban J connectivity index is 2.27. The average Bonchev–Trinajstić information content (AvgIpc) is 2.97. The van der Waals surface area contributed by atoms with E-state index >= 15 is 4.39 Å². The number of fused-ring (bicyclic) bond motifs is 1. The van der Waals surface area contributed by atoms with Gasteiger partial charge < -0.3 is 20.3 Å². The smallest absolute Gasteiger partial charge is 0.341 e. The Bertz CT molecular complexity index is 960. The molecule has 0 bridgehead atoms. The number of carboxylic acid groups (broad SMARTS) is 1. The number of nitrogens with zero attached hydrogens (tertiary/aromatic N) is 2. The molecule has 0 spiro atoms. The number of carbonyl (C=O) groups is 1. The number of aromatic nitrogens is 1. The first-order valence-electron chi connectivity index (χ1n) is 8.59. The molecule has 2 aromatic rings. The molecule has 0 saturated carbocycles. The minimum Gasteiger partial charge on any atom is -0.477 e. The molecule has 1 saturated heterocycles. The number of rotatable bonds is 5. The molecule has 0 amide bonds. The van der Waals surface area contributed by atoms with Crippen molar-refractivity contribution in [3.63, 3.8) is 0 Å². The first-order valence-corrected chi connectivity index (χ1v) is 8.59. The van der Waals surface area contributed by atoms with Crippen LogP contribution in [0.5, 0.6) is 0 Å². The van der Waals surface area contributed by atoms with Gasteiger partial charge in [0.1, 0.15) is 23.7 Å². The third-order valence-electron chi connectivity index (χ3n) is 5.17. The van der Waals surface area contributed by atoms with E-state index in [2.05, 4.69) is 0 Å². The summed E-state index contributed by atoms with van der Waals surface area (Å²) in [7, 11) is 0. The van der Waals surface area contributed by atoms with Crippen molar-refractivity contribution in [1.82, 2.24) is 4.57 Å². The second-order valence-electron chi connectivity index (χ2n) is 6.85. The highest BCUT2D eigenvalue weighted by Gasteiger charge is 2.33. The van der Waals surface area contributed by atoms with Gasteiger partial charge in [0.25, 0.3) is 0 Å². The van der Waals surface area contributed by atoms with Crippen LogP contribution in [0, 0.1) is 23.5 Å². The summed E-state index contributed by atoms with van der Waals surface area (Å²) in [5.41, 5.74) is 3.42. The van der Waals surface area contributed by atoms with Crippen molar-refractivity contribution in [2.45, 2.75) is 13.5 Å². The SMILES string of the molecule is CC1CN(c2c(F)cc3c(=O)c(C(=O)O)cn(CCF)c3c2F)CC1CN. The number of carboxylic acids is 1. The largest absolute Gasteiger partial charge is 0.477 e. The third-order valence-corrected chi connectivity index (χ3v) is 5.17. The summed E-state index contributed by atoms with van der Waals surface area (Å²) in [6, 6.07) is 0.831. The Labute approximate surface area is 153 Å². The Kier molecular flexibility index (Phi) is 5.14. The van der Waals surface area contributed by atoms with Crippen LogP contribution in [0.3, 0.4) is 0 Å². The van der Waals surface area contributed by atoms with Gasteiger partial charge in [0.2, 0.25) is 5.43 Å². The molecule has 0 radical (unpaired) electrons. The molecule has 1 aromatic carbocycles. The van der Waals surface area contributed by atoms with E-state index in [-0.39, 0.29) is 29.6 Å². The van der Waals surface area contributed by atoms with Crippen LogP contribution in [0.4, 0.5) is 18.9 Å². The van der Waals surface area contributed by atoms with Gasteiger partial charge in [0.15, 0.2) is 5.82 Å². The second-order valence-corrected chi connectivity index (χ2v) is 6.85. The lowest BCUT2D eigenvalue weighted by Gasteiger charge is -2.22. The van der Waals surface area contributed by atoms with Crippen LogP contribution in [-0.4, -0.2) is 42.0 Å². The van der Waals surface area contributed by atoms with Gasteiger partial charge in [-0.15, -0.1) is 0 Å². The molecule has 2 heterocycles. The highest BCUT2D eigenvalue weighted by molar-refractivity contribution is 5.93. The second kappa shape index (κ2) is 7.22. The molecular formula is C18H20F3N3O3. The number of hydrogen-bond acceptors (Lipinski definition) is 4. The number of benzene rings is 1. The number of pyridine rings is 1. The number of nitrogens with two attached hydrogens (primary N) is 1. The first kappa shape index (κ1) is 19.2. The molecule has 27 heavy (non-hydrogen) atoms. The quantitative estimate of drug-likeness (QED) is 0.824. The zero-order valence-corrected chi connectivity index (χ0v) is 14.7. The maximum absolute atomic E-state index is 15.3. The summed E-state index contributed by atoms with van der Waals surface area (Å²) >= 11 is 0. The summed E-state index contributed by atoms with van der Waals surface area (Å²) in [6.07, 6.45) is 0.895. The normalized spacial score (nSPS) is 19.8. The predicted molar refractivity (Wildman–Crippen MR) is 95.0 cm³/mol. The zero-order valence-electron chi connectivity index (χ0n) is 14.7. The Morgan fingerprint density at radius 1 is 1.37 bits per heavy atom. The van der Waals surface area contributed by atoms with Crippen molar-refractivity contribution in [3.05, 3.63) is 39.7 Å². The monoisotopic (exact) mass is 383 g/mol. The fourth-order valence-electron chi connectivity index (χ4n) is 3.71. The van der Waals surface area contributed by atoms with E-state index in [1.807, 2.05) is 6.92 Å². The first-order chi connectivity index (χ1) is 12.8. The summed E-state index contributed by atoms with van der Waals surface area (Å²) in [4.78, 5) is 25.2. The molecule has 1 fully saturated rings. The highest BCUT2D eigenvalue weighted by Crippen LogP contribution is 2.34. The standard InChI is InChI=1S/C18H20F3N3O3/c1-9-6-24(7-10(9)5-22)16-13(20)4-11-15(14(16)21)23(3-2-19)8-12(17(11)25)18(26)27/h4,8-10H,2-3,5-7,22H2,1H3,(H,26,27). The lowest BCUT2D eigenvalue weighted by molar-refractivity contribution is 0.0694. The Morgan fingerprint density at radius 3 is 2.63 bits per heavy atom. The molecule has 1 aromatic heterocycles. The average molecular weight is 383 g/mol. The summed E-state index contributed by atoms with van der Waals surface area (Å²) in [6.45, 7) is 1.80. The number of aromatic carboxylic acids is 1. The molecule has 1 aliphatic heterocycles. The van der Waals surface area contributed by atoms with E-state index in [1.165, 1.54) is 4.90 Å². The molecule has 1 aliphatic rings. The number of hydrogen-bond donors (Lipinski definition) is 2. The zero-order chi connectivity index (χ0) is 19.9. The lowest BCUT2D eigenvalue weighted by atomic mass is 9.99. The van der Waals surface area contributed by atoms with Crippen LogP contribution in [0.15, 0.2) is 17.1 Å². The predicted octanol–water partition coefficient (Wildman–Crippen LogP) is 1.98. The number of alkyl halides is 1. The van der Waals surface area contributed by atoms with Crippen molar-refractivity contribution in [2.24, 2.45) is 17.6 Å². The van der Waals surface area contributed by atoms with Gasteiger partial charge in [-0.3, -0.25) is 4.79 Å². The molecule has 146 valence electrons. The van der Waals surface area contributed by atoms with Crippen molar-refractivity contribution in [2.75, 3.05) is 31.2 Å². The van der Waals surface area contributed by atoms with Crippen molar-refractivity contribution in [1.29, 1.82) is 0 Å². The molecule has 3 N–H and O–H groups in total. The van der Waals surface area contributed by atoms with E-state index < -0.39 is 40.7 Å².